The minimum atomic E-state index is -1.62. The molecule has 8 heteroatoms. The summed E-state index contributed by atoms with van der Waals surface area (Å²) in [7, 11) is 0. The topological polar surface area (TPSA) is 155 Å². The first-order chi connectivity index (χ1) is 9.72. The van der Waals surface area contributed by atoms with E-state index in [0.29, 0.717) is 6.07 Å². The number of carbonyl (C=O) groups excluding carboxylic acids is 1. The Labute approximate surface area is 118 Å². The summed E-state index contributed by atoms with van der Waals surface area (Å²) in [5, 5.41) is 27.4. The lowest BCUT2D eigenvalue weighted by molar-refractivity contribution is 0.0647. The molecular formula is C13H11NO7. The fourth-order valence-electron chi connectivity index (χ4n) is 1.94. The van der Waals surface area contributed by atoms with E-state index in [2.05, 4.69) is 6.58 Å². The number of nitrogens with two attached hydrogens (primary N) is 1. The Morgan fingerprint density at radius 1 is 1.00 bits per heavy atom. The SMILES string of the molecule is C=CCc1c(C(=O)O)c(C(N)=O)cc(C(=O)O)c1C(=O)O. The maximum atomic E-state index is 11.3. The molecule has 0 aliphatic carbocycles. The Bertz CT molecular complexity index is 625. The molecule has 0 saturated heterocycles. The minimum Gasteiger partial charge on any atom is -0.478 e. The number of primary amides is 1. The number of benzene rings is 1. The normalized spacial score (nSPS) is 9.90. The van der Waals surface area contributed by atoms with Crippen molar-refractivity contribution < 1.29 is 34.5 Å². The molecule has 8 nitrogen and oxygen atoms in total. The molecule has 0 atom stereocenters. The highest BCUT2D eigenvalue weighted by atomic mass is 16.4. The van der Waals surface area contributed by atoms with Gasteiger partial charge in [0, 0.05) is 0 Å². The van der Waals surface area contributed by atoms with Gasteiger partial charge in [-0.1, -0.05) is 6.08 Å². The highest BCUT2D eigenvalue weighted by Gasteiger charge is 2.29. The molecule has 0 aliphatic rings. The first kappa shape index (κ1) is 15.9. The zero-order valence-electron chi connectivity index (χ0n) is 10.6. The smallest absolute Gasteiger partial charge is 0.336 e. The molecular weight excluding hydrogens is 282 g/mol. The number of carboxylic acid groups (broad SMARTS) is 3. The Morgan fingerprint density at radius 3 is 1.81 bits per heavy atom. The summed E-state index contributed by atoms with van der Waals surface area (Å²) in [5.41, 5.74) is 2.09. The van der Waals surface area contributed by atoms with Crippen LogP contribution in [-0.4, -0.2) is 39.1 Å². The van der Waals surface area contributed by atoms with Crippen LogP contribution in [0.5, 0.6) is 0 Å². The lowest BCUT2D eigenvalue weighted by atomic mass is 9.89. The van der Waals surface area contributed by atoms with E-state index in [1.165, 1.54) is 6.08 Å². The van der Waals surface area contributed by atoms with E-state index >= 15 is 0 Å². The van der Waals surface area contributed by atoms with Gasteiger partial charge in [-0.15, -0.1) is 6.58 Å². The van der Waals surface area contributed by atoms with Crippen molar-refractivity contribution in [2.45, 2.75) is 6.42 Å². The van der Waals surface area contributed by atoms with Gasteiger partial charge < -0.3 is 21.1 Å². The highest BCUT2D eigenvalue weighted by molar-refractivity contribution is 6.11. The van der Waals surface area contributed by atoms with Crippen LogP contribution in [0.1, 0.15) is 47.0 Å². The second kappa shape index (κ2) is 5.87. The Hall–Kier alpha value is -3.16. The average Bonchev–Trinajstić information content (AvgIpc) is 2.36. The number of rotatable bonds is 6. The lowest BCUT2D eigenvalue weighted by Crippen LogP contribution is -2.23. The Balaban J connectivity index is 4.02. The van der Waals surface area contributed by atoms with E-state index in [9.17, 15) is 24.3 Å². The van der Waals surface area contributed by atoms with Gasteiger partial charge in [0.15, 0.2) is 0 Å². The number of allylic oxidation sites excluding steroid dienone is 1. The van der Waals surface area contributed by atoms with E-state index in [-0.39, 0.29) is 12.0 Å². The minimum absolute atomic E-state index is 0.245. The zero-order valence-corrected chi connectivity index (χ0v) is 10.6. The van der Waals surface area contributed by atoms with Gasteiger partial charge in [-0.2, -0.15) is 0 Å². The van der Waals surface area contributed by atoms with Gasteiger partial charge in [0.2, 0.25) is 5.91 Å². The van der Waals surface area contributed by atoms with E-state index in [1.54, 1.807) is 0 Å². The third-order valence-electron chi connectivity index (χ3n) is 2.70. The molecule has 1 amide bonds. The number of carboxylic acids is 3. The van der Waals surface area contributed by atoms with Crippen molar-refractivity contribution >= 4 is 23.8 Å². The average molecular weight is 293 g/mol. The summed E-state index contributed by atoms with van der Waals surface area (Å²) < 4.78 is 0. The summed E-state index contributed by atoms with van der Waals surface area (Å²) in [6, 6.07) is 0.657. The molecule has 5 N–H and O–H groups in total. The number of hydrogen-bond donors (Lipinski definition) is 4. The molecule has 1 rings (SSSR count). The van der Waals surface area contributed by atoms with Crippen LogP contribution >= 0.6 is 0 Å². The predicted octanol–water partition coefficient (Wildman–Crippen LogP) is 0.609. The van der Waals surface area contributed by atoms with Crippen molar-refractivity contribution in [3.05, 3.63) is 46.5 Å². The van der Waals surface area contributed by atoms with Gasteiger partial charge in [-0.3, -0.25) is 4.79 Å². The summed E-state index contributed by atoms with van der Waals surface area (Å²) in [6.07, 6.45) is 0.954. The van der Waals surface area contributed by atoms with Crippen LogP contribution in [0, 0.1) is 0 Å². The van der Waals surface area contributed by atoms with Gasteiger partial charge in [0.1, 0.15) is 0 Å². The number of aromatic carboxylic acids is 3. The van der Waals surface area contributed by atoms with E-state index in [0.717, 1.165) is 0 Å². The monoisotopic (exact) mass is 293 g/mol. The molecule has 0 radical (unpaired) electrons. The van der Waals surface area contributed by atoms with Crippen molar-refractivity contribution in [1.29, 1.82) is 0 Å². The van der Waals surface area contributed by atoms with Gasteiger partial charge in [-0.05, 0) is 18.1 Å². The number of hydrogen-bond acceptors (Lipinski definition) is 4. The molecule has 21 heavy (non-hydrogen) atoms. The standard InChI is InChI=1S/C13H11NO7/c1-2-3-5-8(12(18)19)6(10(14)15)4-7(11(16)17)9(5)13(20)21/h2,4H,1,3H2,(H2,14,15)(H,16,17)(H,18,19)(H,20,21). The molecule has 0 saturated carbocycles. The van der Waals surface area contributed by atoms with Crippen molar-refractivity contribution in [2.75, 3.05) is 0 Å². The van der Waals surface area contributed by atoms with Gasteiger partial charge in [-0.25, -0.2) is 14.4 Å². The molecule has 1 aromatic rings. The van der Waals surface area contributed by atoms with Crippen molar-refractivity contribution in [1.82, 2.24) is 0 Å². The fraction of sp³-hybridized carbons (Fsp3) is 0.0769. The Morgan fingerprint density at radius 2 is 1.48 bits per heavy atom. The molecule has 0 fully saturated rings. The van der Waals surface area contributed by atoms with E-state index < -0.39 is 46.1 Å². The Kier molecular flexibility index (Phi) is 4.44. The molecule has 0 aliphatic heterocycles. The molecule has 0 spiro atoms. The highest BCUT2D eigenvalue weighted by Crippen LogP contribution is 2.25. The molecule has 0 bridgehead atoms. The van der Waals surface area contributed by atoms with Crippen LogP contribution in [0.4, 0.5) is 0 Å². The largest absolute Gasteiger partial charge is 0.478 e. The van der Waals surface area contributed by atoms with Crippen LogP contribution in [0.25, 0.3) is 0 Å². The lowest BCUT2D eigenvalue weighted by Gasteiger charge is -2.14. The molecule has 110 valence electrons. The summed E-state index contributed by atoms with van der Waals surface area (Å²) in [5.74, 6) is -5.99. The number of amides is 1. The van der Waals surface area contributed by atoms with Crippen LogP contribution in [0.15, 0.2) is 18.7 Å². The first-order valence-electron chi connectivity index (χ1n) is 5.52. The predicted molar refractivity (Wildman–Crippen MR) is 69.7 cm³/mol. The molecule has 0 heterocycles. The number of carbonyl (C=O) groups is 4. The third-order valence-corrected chi connectivity index (χ3v) is 2.70. The zero-order chi connectivity index (χ0) is 16.3. The maximum Gasteiger partial charge on any atom is 0.336 e. The summed E-state index contributed by atoms with van der Waals surface area (Å²) in [4.78, 5) is 45.0. The fourth-order valence-corrected chi connectivity index (χ4v) is 1.94. The van der Waals surface area contributed by atoms with Crippen molar-refractivity contribution in [3.8, 4) is 0 Å². The van der Waals surface area contributed by atoms with E-state index in [4.69, 9.17) is 15.9 Å². The third kappa shape index (κ3) is 2.89. The van der Waals surface area contributed by atoms with Gasteiger partial charge >= 0.3 is 17.9 Å². The summed E-state index contributed by atoms with van der Waals surface area (Å²) in [6.45, 7) is 3.36. The van der Waals surface area contributed by atoms with Crippen molar-refractivity contribution in [2.24, 2.45) is 5.73 Å². The second-order valence-corrected chi connectivity index (χ2v) is 3.97. The van der Waals surface area contributed by atoms with Crippen LogP contribution in [0.2, 0.25) is 0 Å². The van der Waals surface area contributed by atoms with Gasteiger partial charge in [0.05, 0.1) is 22.3 Å². The second-order valence-electron chi connectivity index (χ2n) is 3.97. The van der Waals surface area contributed by atoms with E-state index in [1.807, 2.05) is 0 Å². The van der Waals surface area contributed by atoms with Gasteiger partial charge in [0.25, 0.3) is 0 Å². The van der Waals surface area contributed by atoms with Crippen LogP contribution < -0.4 is 5.73 Å². The van der Waals surface area contributed by atoms with Crippen molar-refractivity contribution in [3.63, 3.8) is 0 Å². The van der Waals surface area contributed by atoms with Crippen LogP contribution in [0.3, 0.4) is 0 Å². The summed E-state index contributed by atoms with van der Waals surface area (Å²) >= 11 is 0. The first-order valence-corrected chi connectivity index (χ1v) is 5.52. The molecule has 0 unspecified atom stereocenters. The quantitative estimate of drug-likeness (QED) is 0.560. The maximum absolute atomic E-state index is 11.3. The molecule has 0 aromatic heterocycles. The molecule has 1 aromatic carbocycles. The van der Waals surface area contributed by atoms with Crippen LogP contribution in [-0.2, 0) is 6.42 Å².